The van der Waals surface area contributed by atoms with Gasteiger partial charge in [0.15, 0.2) is 0 Å². The molecule has 3 aromatic rings. The summed E-state index contributed by atoms with van der Waals surface area (Å²) in [6.45, 7) is 4.13. The van der Waals surface area contributed by atoms with Crippen molar-refractivity contribution in [3.8, 4) is 0 Å². The van der Waals surface area contributed by atoms with Crippen molar-refractivity contribution >= 4 is 11.9 Å². The number of hydrogen-bond donors (Lipinski definition) is 2. The van der Waals surface area contributed by atoms with Gasteiger partial charge < -0.3 is 10.4 Å². The Labute approximate surface area is 181 Å². The van der Waals surface area contributed by atoms with Crippen LogP contribution in [0.25, 0.3) is 0 Å². The molecule has 0 atom stereocenters. The molecule has 0 amide bonds. The van der Waals surface area contributed by atoms with Gasteiger partial charge >= 0.3 is 12.1 Å². The summed E-state index contributed by atoms with van der Waals surface area (Å²) in [5.74, 6) is -2.16. The number of alkyl halides is 3. The van der Waals surface area contributed by atoms with Crippen molar-refractivity contribution < 1.29 is 23.1 Å². The number of aliphatic carboxylic acids is 1. The highest BCUT2D eigenvalue weighted by Gasteiger charge is 2.38. The molecular formula is C19H21F3N8O2. The molecule has 4 rings (SSSR count). The van der Waals surface area contributed by atoms with E-state index in [9.17, 15) is 13.2 Å². The van der Waals surface area contributed by atoms with Gasteiger partial charge in [0.05, 0.1) is 17.9 Å². The maximum absolute atomic E-state index is 10.6. The van der Waals surface area contributed by atoms with E-state index in [0.717, 1.165) is 49.7 Å². The molecule has 0 radical (unpaired) electrons. The highest BCUT2D eigenvalue weighted by molar-refractivity contribution is 5.73. The minimum Gasteiger partial charge on any atom is -0.475 e. The number of anilines is 1. The van der Waals surface area contributed by atoms with E-state index in [0.29, 0.717) is 12.5 Å². The van der Waals surface area contributed by atoms with Crippen LogP contribution in [-0.2, 0) is 31.0 Å². The summed E-state index contributed by atoms with van der Waals surface area (Å²) >= 11 is 0. The molecule has 0 aromatic carbocycles. The first-order valence-corrected chi connectivity index (χ1v) is 9.67. The summed E-state index contributed by atoms with van der Waals surface area (Å²) in [4.78, 5) is 24.1. The monoisotopic (exact) mass is 450 g/mol. The SMILES string of the molecule is O=C(O)C(F)(F)F.c1ccc(CN2CCCn3nnc(CNc4ncccn4)c3C2)nc1. The molecule has 2 N–H and O–H groups in total. The van der Waals surface area contributed by atoms with Gasteiger partial charge in [-0.15, -0.1) is 5.10 Å². The maximum atomic E-state index is 10.6. The van der Waals surface area contributed by atoms with Gasteiger partial charge in [-0.05, 0) is 24.6 Å². The molecule has 32 heavy (non-hydrogen) atoms. The van der Waals surface area contributed by atoms with Crippen LogP contribution in [0.2, 0.25) is 0 Å². The second-order valence-corrected chi connectivity index (χ2v) is 6.82. The molecule has 0 unspecified atom stereocenters. The number of carboxylic acid groups (broad SMARTS) is 1. The summed E-state index contributed by atoms with van der Waals surface area (Å²) in [5, 5.41) is 19.0. The van der Waals surface area contributed by atoms with E-state index in [1.807, 2.05) is 23.0 Å². The Morgan fingerprint density at radius 1 is 1.09 bits per heavy atom. The van der Waals surface area contributed by atoms with Crippen molar-refractivity contribution in [2.24, 2.45) is 0 Å². The number of hydrogen-bond acceptors (Lipinski definition) is 8. The Balaban J connectivity index is 0.000000360. The van der Waals surface area contributed by atoms with Crippen LogP contribution in [0.5, 0.6) is 0 Å². The fourth-order valence-electron chi connectivity index (χ4n) is 3.00. The number of nitrogens with one attached hydrogen (secondary N) is 1. The second-order valence-electron chi connectivity index (χ2n) is 6.82. The standard InChI is InChI=1S/C17H20N8.C2HF3O2/c1-2-6-18-14(5-1)12-24-9-4-10-25-16(13-24)15(22-23-25)11-21-17-19-7-3-8-20-17;3-2(4,5)1(6)7/h1-3,5-8H,4,9-13H2,(H,19,20,21);(H,6,7). The van der Waals surface area contributed by atoms with Crippen LogP contribution in [0.1, 0.15) is 23.5 Å². The van der Waals surface area contributed by atoms with Crippen molar-refractivity contribution in [1.29, 1.82) is 0 Å². The molecule has 13 heteroatoms. The van der Waals surface area contributed by atoms with E-state index >= 15 is 0 Å². The fourth-order valence-corrected chi connectivity index (χ4v) is 3.00. The van der Waals surface area contributed by atoms with E-state index in [4.69, 9.17) is 9.90 Å². The number of fused-ring (bicyclic) bond motifs is 1. The average Bonchev–Trinajstić information content (AvgIpc) is 3.03. The Hall–Kier alpha value is -3.61. The van der Waals surface area contributed by atoms with Gasteiger partial charge in [-0.1, -0.05) is 11.3 Å². The minimum absolute atomic E-state index is 0.566. The van der Waals surface area contributed by atoms with E-state index in [1.165, 1.54) is 0 Å². The van der Waals surface area contributed by atoms with Crippen LogP contribution in [0, 0.1) is 0 Å². The molecule has 1 aliphatic heterocycles. The minimum atomic E-state index is -5.08. The van der Waals surface area contributed by atoms with Crippen molar-refractivity contribution in [3.63, 3.8) is 0 Å². The predicted octanol–water partition coefficient (Wildman–Crippen LogP) is 2.11. The lowest BCUT2D eigenvalue weighted by molar-refractivity contribution is -0.192. The van der Waals surface area contributed by atoms with E-state index < -0.39 is 12.1 Å². The zero-order chi connectivity index (χ0) is 23.0. The number of aryl methyl sites for hydroxylation is 1. The Kier molecular flexibility index (Phi) is 7.65. The van der Waals surface area contributed by atoms with Gasteiger partial charge in [0.1, 0.15) is 5.69 Å². The summed E-state index contributed by atoms with van der Waals surface area (Å²) in [5.41, 5.74) is 3.18. The number of nitrogens with zero attached hydrogens (tertiary/aromatic N) is 7. The van der Waals surface area contributed by atoms with E-state index in [1.54, 1.807) is 18.5 Å². The lowest BCUT2D eigenvalue weighted by atomic mass is 10.2. The Morgan fingerprint density at radius 2 is 1.81 bits per heavy atom. The molecular weight excluding hydrogens is 429 g/mol. The normalized spacial score (nSPS) is 14.0. The molecule has 0 saturated heterocycles. The third kappa shape index (κ3) is 6.70. The van der Waals surface area contributed by atoms with Crippen LogP contribution < -0.4 is 5.32 Å². The zero-order valence-corrected chi connectivity index (χ0v) is 16.9. The highest BCUT2D eigenvalue weighted by Crippen LogP contribution is 2.17. The summed E-state index contributed by atoms with van der Waals surface area (Å²) in [6.07, 6.45) is 1.25. The zero-order valence-electron chi connectivity index (χ0n) is 16.9. The summed E-state index contributed by atoms with van der Waals surface area (Å²) in [6, 6.07) is 7.84. The maximum Gasteiger partial charge on any atom is 0.490 e. The third-order valence-corrected chi connectivity index (χ3v) is 4.47. The highest BCUT2D eigenvalue weighted by atomic mass is 19.4. The molecule has 3 aromatic heterocycles. The van der Waals surface area contributed by atoms with Gasteiger partial charge in [-0.3, -0.25) is 9.88 Å². The molecule has 4 heterocycles. The number of aromatic nitrogens is 6. The first-order chi connectivity index (χ1) is 15.3. The smallest absolute Gasteiger partial charge is 0.475 e. The predicted molar refractivity (Wildman–Crippen MR) is 106 cm³/mol. The van der Waals surface area contributed by atoms with Crippen molar-refractivity contribution in [1.82, 2.24) is 34.8 Å². The molecule has 0 saturated carbocycles. The summed E-state index contributed by atoms with van der Waals surface area (Å²) in [7, 11) is 0. The van der Waals surface area contributed by atoms with Gasteiger partial charge in [-0.2, -0.15) is 13.2 Å². The lowest BCUT2D eigenvalue weighted by Gasteiger charge is -2.19. The van der Waals surface area contributed by atoms with Crippen LogP contribution in [0.3, 0.4) is 0 Å². The average molecular weight is 450 g/mol. The summed E-state index contributed by atoms with van der Waals surface area (Å²) < 4.78 is 33.8. The molecule has 0 bridgehead atoms. The second kappa shape index (κ2) is 10.6. The number of pyridine rings is 1. The van der Waals surface area contributed by atoms with Gasteiger partial charge in [0, 0.05) is 44.8 Å². The Bertz CT molecular complexity index is 999. The quantitative estimate of drug-likeness (QED) is 0.602. The largest absolute Gasteiger partial charge is 0.490 e. The van der Waals surface area contributed by atoms with E-state index in [-0.39, 0.29) is 0 Å². The van der Waals surface area contributed by atoms with Crippen LogP contribution >= 0.6 is 0 Å². The number of carboxylic acids is 1. The first kappa shape index (κ1) is 23.1. The third-order valence-electron chi connectivity index (χ3n) is 4.47. The number of carbonyl (C=O) groups is 1. The first-order valence-electron chi connectivity index (χ1n) is 9.67. The van der Waals surface area contributed by atoms with Gasteiger partial charge in [0.2, 0.25) is 5.95 Å². The van der Waals surface area contributed by atoms with Crippen LogP contribution in [0.4, 0.5) is 19.1 Å². The fraction of sp³-hybridized carbons (Fsp3) is 0.368. The number of rotatable bonds is 5. The Morgan fingerprint density at radius 3 is 2.47 bits per heavy atom. The molecule has 0 aliphatic carbocycles. The van der Waals surface area contributed by atoms with Crippen LogP contribution in [-0.4, -0.2) is 58.6 Å². The van der Waals surface area contributed by atoms with Gasteiger partial charge in [0.25, 0.3) is 0 Å². The van der Waals surface area contributed by atoms with Crippen molar-refractivity contribution in [2.75, 3.05) is 11.9 Å². The topological polar surface area (TPSA) is 122 Å². The molecule has 10 nitrogen and oxygen atoms in total. The van der Waals surface area contributed by atoms with Crippen molar-refractivity contribution in [3.05, 3.63) is 59.9 Å². The molecule has 1 aliphatic rings. The number of halogens is 3. The molecule has 0 spiro atoms. The van der Waals surface area contributed by atoms with Crippen LogP contribution in [0.15, 0.2) is 42.9 Å². The van der Waals surface area contributed by atoms with Gasteiger partial charge in [-0.25, -0.2) is 19.4 Å². The molecule has 0 fully saturated rings. The molecule has 170 valence electrons. The van der Waals surface area contributed by atoms with E-state index in [2.05, 4.69) is 41.5 Å². The van der Waals surface area contributed by atoms with Crippen molar-refractivity contribution in [2.45, 2.75) is 38.8 Å². The lowest BCUT2D eigenvalue weighted by Crippen LogP contribution is -2.24.